The highest BCUT2D eigenvalue weighted by atomic mass is 16.5. The fraction of sp³-hybridized carbons (Fsp3) is 0.167. The number of allylic oxidation sites excluding steroid dienone is 2. The summed E-state index contributed by atoms with van der Waals surface area (Å²) in [6, 6.07) is 60.3. The van der Waals surface area contributed by atoms with E-state index in [1.165, 1.54) is 93.6 Å². The smallest absolute Gasteiger partial charge is 0.255 e. The lowest BCUT2D eigenvalue weighted by Crippen LogP contribution is -2.56. The monoisotopic (exact) mass is 812 g/mol. The van der Waals surface area contributed by atoms with Gasteiger partial charge in [0.1, 0.15) is 23.4 Å². The van der Waals surface area contributed by atoms with E-state index in [9.17, 15) is 0 Å². The van der Waals surface area contributed by atoms with Gasteiger partial charge in [-0.25, -0.2) is 0 Å². The molecule has 2 nitrogen and oxygen atoms in total. The summed E-state index contributed by atoms with van der Waals surface area (Å²) in [6.07, 6.45) is 9.69. The van der Waals surface area contributed by atoms with E-state index in [0.29, 0.717) is 0 Å². The van der Waals surface area contributed by atoms with E-state index in [1.807, 2.05) is 0 Å². The Morgan fingerprint density at radius 3 is 1.86 bits per heavy atom. The Hall–Kier alpha value is -6.84. The third-order valence-corrected chi connectivity index (χ3v) is 14.8. The zero-order chi connectivity index (χ0) is 42.5. The van der Waals surface area contributed by atoms with Crippen molar-refractivity contribution in [1.82, 2.24) is 0 Å². The van der Waals surface area contributed by atoms with E-state index in [-0.39, 0.29) is 23.6 Å². The van der Waals surface area contributed by atoms with Crippen molar-refractivity contribution in [2.24, 2.45) is 0 Å². The van der Waals surface area contributed by atoms with Crippen LogP contribution in [0.15, 0.2) is 187 Å². The predicted octanol–water partition coefficient (Wildman–Crippen LogP) is 13.3. The molecule has 2 heterocycles. The lowest BCUT2D eigenvalue weighted by atomic mass is 9.32. The van der Waals surface area contributed by atoms with Crippen LogP contribution in [0.2, 0.25) is 0 Å². The maximum absolute atomic E-state index is 7.34. The number of hydrogen-bond donors (Lipinski definition) is 0. The minimum atomic E-state index is -0.214. The minimum absolute atomic E-state index is 0.0157. The summed E-state index contributed by atoms with van der Waals surface area (Å²) in [5.74, 6) is 2.83. The molecule has 2 aliphatic carbocycles. The number of ether oxygens (including phenoxy) is 2. The number of hydrogen-bond acceptors (Lipinski definition) is 2. The van der Waals surface area contributed by atoms with Crippen molar-refractivity contribution in [3.8, 4) is 22.6 Å². The molecule has 1 unspecified atom stereocenters. The average molecular weight is 813 g/mol. The minimum Gasteiger partial charge on any atom is -0.487 e. The topological polar surface area (TPSA) is 18.5 Å². The number of benzene rings is 8. The highest BCUT2D eigenvalue weighted by Gasteiger charge is 2.47. The molecule has 0 saturated carbocycles. The molecule has 3 heteroatoms. The van der Waals surface area contributed by atoms with Crippen LogP contribution in [0.4, 0.5) is 0 Å². The zero-order valence-corrected chi connectivity index (χ0v) is 36.4. The van der Waals surface area contributed by atoms with Crippen LogP contribution in [-0.2, 0) is 17.3 Å². The predicted molar refractivity (Wildman–Crippen MR) is 264 cm³/mol. The van der Waals surface area contributed by atoms with E-state index < -0.39 is 0 Å². The lowest BCUT2D eigenvalue weighted by Gasteiger charge is -2.42. The summed E-state index contributed by atoms with van der Waals surface area (Å²) < 4.78 is 14.6. The zero-order valence-electron chi connectivity index (χ0n) is 36.4. The van der Waals surface area contributed by atoms with Crippen molar-refractivity contribution in [2.75, 3.05) is 0 Å². The van der Waals surface area contributed by atoms with Crippen molar-refractivity contribution >= 4 is 50.8 Å². The SMILES string of the molecule is CC(C)(c1ccccc1)c1ccc2c(c1)OC1=C3B2c2ccc(C(C)(C)c4ccccc4)cc2OC3CC(c2c3c(c(-c4ccc5ccccc5c4)c4ccccc24)C=CCC3)=C1. The highest BCUT2D eigenvalue weighted by molar-refractivity contribution is 6.92. The molecule has 0 N–H and O–H groups in total. The molecule has 8 aromatic carbocycles. The van der Waals surface area contributed by atoms with Crippen LogP contribution >= 0.6 is 0 Å². The van der Waals surface area contributed by atoms with Crippen LogP contribution in [0.3, 0.4) is 0 Å². The average Bonchev–Trinajstić information content (AvgIpc) is 3.33. The fourth-order valence-electron chi connectivity index (χ4n) is 11.2. The van der Waals surface area contributed by atoms with Crippen LogP contribution in [0.5, 0.6) is 11.5 Å². The molecular weight excluding hydrogens is 763 g/mol. The molecule has 8 aromatic rings. The van der Waals surface area contributed by atoms with Gasteiger partial charge in [0.05, 0.1) is 0 Å². The molecule has 0 aromatic heterocycles. The molecule has 4 aliphatic rings. The van der Waals surface area contributed by atoms with E-state index in [2.05, 4.69) is 210 Å². The van der Waals surface area contributed by atoms with Gasteiger partial charge in [-0.3, -0.25) is 0 Å². The normalized spacial score (nSPS) is 16.4. The van der Waals surface area contributed by atoms with Crippen molar-refractivity contribution in [3.63, 3.8) is 0 Å². The summed E-state index contributed by atoms with van der Waals surface area (Å²) in [5.41, 5.74) is 16.2. The van der Waals surface area contributed by atoms with Gasteiger partial charge in [0, 0.05) is 17.3 Å². The summed E-state index contributed by atoms with van der Waals surface area (Å²) in [5, 5.41) is 5.08. The first-order chi connectivity index (χ1) is 30.7. The third-order valence-electron chi connectivity index (χ3n) is 14.8. The van der Waals surface area contributed by atoms with Gasteiger partial charge in [-0.1, -0.05) is 185 Å². The second-order valence-corrected chi connectivity index (χ2v) is 19.0. The molecule has 304 valence electrons. The first kappa shape index (κ1) is 37.9. The quantitative estimate of drug-likeness (QED) is 0.156. The molecule has 0 amide bonds. The van der Waals surface area contributed by atoms with Gasteiger partial charge in [0.25, 0.3) is 6.71 Å². The van der Waals surface area contributed by atoms with Gasteiger partial charge in [-0.15, -0.1) is 0 Å². The molecule has 0 saturated heterocycles. The second kappa shape index (κ2) is 14.4. The Balaban J connectivity index is 1.05. The lowest BCUT2D eigenvalue weighted by molar-refractivity contribution is 0.238. The summed E-state index contributed by atoms with van der Waals surface area (Å²) in [6.45, 7) is 9.29. The first-order valence-electron chi connectivity index (χ1n) is 22.7. The van der Waals surface area contributed by atoms with Crippen molar-refractivity contribution < 1.29 is 9.47 Å². The van der Waals surface area contributed by atoms with Crippen molar-refractivity contribution in [3.05, 3.63) is 226 Å². The maximum atomic E-state index is 7.34. The summed E-state index contributed by atoms with van der Waals surface area (Å²) in [4.78, 5) is 0. The first-order valence-corrected chi connectivity index (χ1v) is 22.7. The standard InChI is InChI=1S/C60H49BO2/c1-59(2,42-19-7-5-8-20-42)44-29-31-50-52(36-44)62-54-34-41(35-55-58(54)61(50)51-32-30-45(37-53(51)63-55)60(3,4)43-21-9-6-10-22-43)57-48-25-15-13-23-46(48)56(47-24-14-16-26-49(47)57)40-28-27-38-17-11-12-18-39(38)33-40/h5-15,17-25,27-34,36-37,55H,16,26,35H2,1-4H3. The second-order valence-electron chi connectivity index (χ2n) is 19.0. The van der Waals surface area contributed by atoms with Crippen molar-refractivity contribution in [2.45, 2.75) is 63.9 Å². The molecule has 0 bridgehead atoms. The van der Waals surface area contributed by atoms with E-state index >= 15 is 0 Å². The largest absolute Gasteiger partial charge is 0.487 e. The summed E-state index contributed by atoms with van der Waals surface area (Å²) in [7, 11) is 0. The Morgan fingerprint density at radius 1 is 0.556 bits per heavy atom. The molecule has 0 radical (unpaired) electrons. The molecule has 1 atom stereocenters. The molecule has 0 fully saturated rings. The van der Waals surface area contributed by atoms with E-state index in [1.54, 1.807) is 0 Å². The van der Waals surface area contributed by atoms with Gasteiger partial charge in [0.2, 0.25) is 0 Å². The van der Waals surface area contributed by atoms with Gasteiger partial charge in [0.15, 0.2) is 0 Å². The maximum Gasteiger partial charge on any atom is 0.255 e. The van der Waals surface area contributed by atoms with E-state index in [0.717, 1.165) is 36.5 Å². The van der Waals surface area contributed by atoms with Crippen LogP contribution in [0, 0.1) is 0 Å². The van der Waals surface area contributed by atoms with Gasteiger partial charge < -0.3 is 9.47 Å². The van der Waals surface area contributed by atoms with Crippen LogP contribution < -0.4 is 20.4 Å². The van der Waals surface area contributed by atoms with Gasteiger partial charge in [-0.05, 0) is 131 Å². The fourth-order valence-corrected chi connectivity index (χ4v) is 11.2. The Kier molecular flexibility index (Phi) is 8.64. The molecular formula is C60H49BO2. The van der Waals surface area contributed by atoms with Crippen LogP contribution in [-0.4, -0.2) is 12.8 Å². The van der Waals surface area contributed by atoms with Crippen LogP contribution in [0.25, 0.3) is 44.3 Å². The molecule has 2 aliphatic heterocycles. The van der Waals surface area contributed by atoms with E-state index in [4.69, 9.17) is 9.47 Å². The summed E-state index contributed by atoms with van der Waals surface area (Å²) >= 11 is 0. The van der Waals surface area contributed by atoms with Gasteiger partial charge >= 0.3 is 0 Å². The Bertz CT molecular complexity index is 3260. The molecule has 63 heavy (non-hydrogen) atoms. The van der Waals surface area contributed by atoms with Crippen LogP contribution in [0.1, 0.15) is 79.5 Å². The Labute approximate surface area is 371 Å². The number of rotatable bonds is 6. The highest BCUT2D eigenvalue weighted by Crippen LogP contribution is 2.48. The molecule has 0 spiro atoms. The third kappa shape index (κ3) is 6.00. The molecule has 12 rings (SSSR count). The van der Waals surface area contributed by atoms with Crippen molar-refractivity contribution in [1.29, 1.82) is 0 Å². The number of fused-ring (bicyclic) bond motifs is 7. The Morgan fingerprint density at radius 2 is 1.16 bits per heavy atom. The van der Waals surface area contributed by atoms with Gasteiger partial charge in [-0.2, -0.15) is 0 Å².